The highest BCUT2D eigenvalue weighted by atomic mass is 32.2. The van der Waals surface area contributed by atoms with Gasteiger partial charge in [-0.25, -0.2) is 13.6 Å². The van der Waals surface area contributed by atoms with E-state index >= 15 is 0 Å². The van der Waals surface area contributed by atoms with Crippen molar-refractivity contribution in [2.24, 2.45) is 5.14 Å². The lowest BCUT2D eigenvalue weighted by atomic mass is 10.1. The van der Waals surface area contributed by atoms with Gasteiger partial charge in [-0.1, -0.05) is 30.3 Å². The van der Waals surface area contributed by atoms with Crippen molar-refractivity contribution in [1.29, 1.82) is 0 Å². The molecule has 28 heavy (non-hydrogen) atoms. The van der Waals surface area contributed by atoms with Crippen molar-refractivity contribution in [2.75, 3.05) is 6.54 Å². The van der Waals surface area contributed by atoms with Gasteiger partial charge in [0.25, 0.3) is 5.91 Å². The Morgan fingerprint density at radius 2 is 1.71 bits per heavy atom. The molecule has 3 aromatic rings. The molecule has 0 bridgehead atoms. The van der Waals surface area contributed by atoms with Crippen molar-refractivity contribution >= 4 is 15.9 Å². The second-order valence-corrected chi connectivity index (χ2v) is 7.62. The number of ether oxygens (including phenoxy) is 1. The van der Waals surface area contributed by atoms with Crippen LogP contribution < -0.4 is 15.2 Å². The van der Waals surface area contributed by atoms with Crippen LogP contribution in [0, 0.1) is 0 Å². The molecule has 1 amide bonds. The molecule has 0 spiro atoms. The van der Waals surface area contributed by atoms with E-state index in [1.165, 1.54) is 12.1 Å². The first-order valence-corrected chi connectivity index (χ1v) is 10.1. The smallest absolute Gasteiger partial charge is 0.287 e. The number of carbonyl (C=O) groups is 1. The normalized spacial score (nSPS) is 11.2. The molecule has 3 rings (SSSR count). The number of carbonyl (C=O) groups excluding carboxylic acids is 1. The van der Waals surface area contributed by atoms with E-state index in [2.05, 4.69) is 5.32 Å². The first kappa shape index (κ1) is 19.7. The maximum atomic E-state index is 12.2. The topological polar surface area (TPSA) is 112 Å². The number of primary sulfonamides is 1. The minimum atomic E-state index is -3.70. The fraction of sp³-hybridized carbons (Fsp3) is 0.150. The number of amides is 1. The Kier molecular flexibility index (Phi) is 6.13. The standard InChI is InChI=1S/C20H20N2O5S/c21-28(24,25)18-9-6-15(7-10-18)12-13-22-20(23)19-11-8-17(27-19)14-26-16-4-2-1-3-5-16/h1-11H,12-14H2,(H,22,23)(H2,21,24,25). The molecular weight excluding hydrogens is 380 g/mol. The molecule has 7 nitrogen and oxygen atoms in total. The molecule has 0 unspecified atom stereocenters. The van der Waals surface area contributed by atoms with E-state index in [0.717, 1.165) is 11.3 Å². The number of para-hydroxylation sites is 1. The van der Waals surface area contributed by atoms with E-state index in [1.807, 2.05) is 30.3 Å². The Morgan fingerprint density at radius 3 is 2.39 bits per heavy atom. The Labute approximate surface area is 163 Å². The molecule has 0 radical (unpaired) electrons. The maximum absolute atomic E-state index is 12.2. The van der Waals surface area contributed by atoms with Gasteiger partial charge in [-0.05, 0) is 48.4 Å². The molecule has 2 aromatic carbocycles. The SMILES string of the molecule is NS(=O)(=O)c1ccc(CCNC(=O)c2ccc(COc3ccccc3)o2)cc1. The molecule has 3 N–H and O–H groups in total. The van der Waals surface area contributed by atoms with E-state index in [-0.39, 0.29) is 23.2 Å². The summed E-state index contributed by atoms with van der Waals surface area (Å²) in [4.78, 5) is 12.2. The maximum Gasteiger partial charge on any atom is 0.287 e. The lowest BCUT2D eigenvalue weighted by molar-refractivity contribution is 0.0922. The molecule has 0 fully saturated rings. The van der Waals surface area contributed by atoms with Crippen molar-refractivity contribution in [1.82, 2.24) is 5.32 Å². The second-order valence-electron chi connectivity index (χ2n) is 6.06. The summed E-state index contributed by atoms with van der Waals surface area (Å²) in [7, 11) is -3.70. The predicted molar refractivity (Wildman–Crippen MR) is 103 cm³/mol. The zero-order valence-corrected chi connectivity index (χ0v) is 15.8. The van der Waals surface area contributed by atoms with Crippen molar-refractivity contribution in [3.8, 4) is 5.75 Å². The number of nitrogens with two attached hydrogens (primary N) is 1. The summed E-state index contributed by atoms with van der Waals surface area (Å²) in [6.45, 7) is 0.609. The molecule has 0 aliphatic rings. The van der Waals surface area contributed by atoms with E-state index in [0.29, 0.717) is 18.7 Å². The van der Waals surface area contributed by atoms with Crippen LogP contribution in [-0.4, -0.2) is 20.9 Å². The summed E-state index contributed by atoms with van der Waals surface area (Å²) in [5.74, 6) is 1.15. The van der Waals surface area contributed by atoms with Crippen LogP contribution in [-0.2, 0) is 23.1 Å². The largest absolute Gasteiger partial charge is 0.486 e. The van der Waals surface area contributed by atoms with Gasteiger partial charge in [-0.2, -0.15) is 0 Å². The van der Waals surface area contributed by atoms with E-state index in [4.69, 9.17) is 14.3 Å². The van der Waals surface area contributed by atoms with Crippen LogP contribution in [0.25, 0.3) is 0 Å². The highest BCUT2D eigenvalue weighted by Gasteiger charge is 2.11. The van der Waals surface area contributed by atoms with Gasteiger partial charge in [-0.15, -0.1) is 0 Å². The van der Waals surface area contributed by atoms with Crippen LogP contribution in [0.1, 0.15) is 21.9 Å². The van der Waals surface area contributed by atoms with Crippen molar-refractivity contribution < 1.29 is 22.4 Å². The molecule has 1 aromatic heterocycles. The van der Waals surface area contributed by atoms with Crippen molar-refractivity contribution in [3.05, 3.63) is 83.8 Å². The summed E-state index contributed by atoms with van der Waals surface area (Å²) in [6, 6.07) is 18.8. The van der Waals surface area contributed by atoms with Gasteiger partial charge in [0.2, 0.25) is 10.0 Å². The van der Waals surface area contributed by atoms with Gasteiger partial charge in [0.15, 0.2) is 5.76 Å². The average molecular weight is 400 g/mol. The average Bonchev–Trinajstić information content (AvgIpc) is 3.16. The first-order chi connectivity index (χ1) is 13.4. The molecule has 0 atom stereocenters. The summed E-state index contributed by atoms with van der Waals surface area (Å²) in [6.07, 6.45) is 0.543. The molecule has 0 saturated carbocycles. The fourth-order valence-electron chi connectivity index (χ4n) is 2.50. The van der Waals surface area contributed by atoms with Crippen LogP contribution in [0.3, 0.4) is 0 Å². The zero-order chi connectivity index (χ0) is 20.0. The summed E-state index contributed by atoms with van der Waals surface area (Å²) in [5, 5.41) is 7.83. The van der Waals surface area contributed by atoms with E-state index in [1.54, 1.807) is 24.3 Å². The third-order valence-corrected chi connectivity index (χ3v) is 4.89. The van der Waals surface area contributed by atoms with Crippen LogP contribution in [0.2, 0.25) is 0 Å². The van der Waals surface area contributed by atoms with Gasteiger partial charge < -0.3 is 14.5 Å². The van der Waals surface area contributed by atoms with E-state index in [9.17, 15) is 13.2 Å². The highest BCUT2D eigenvalue weighted by molar-refractivity contribution is 7.89. The molecular formula is C20H20N2O5S. The number of rotatable bonds is 8. The van der Waals surface area contributed by atoms with Crippen LogP contribution in [0.4, 0.5) is 0 Å². The Morgan fingerprint density at radius 1 is 1.00 bits per heavy atom. The van der Waals surface area contributed by atoms with Gasteiger partial charge in [0.05, 0.1) is 4.90 Å². The third kappa shape index (κ3) is 5.45. The molecule has 0 saturated heterocycles. The number of benzene rings is 2. The second kappa shape index (κ2) is 8.73. The number of furan rings is 1. The van der Waals surface area contributed by atoms with Gasteiger partial charge in [-0.3, -0.25) is 4.79 Å². The summed E-state index contributed by atoms with van der Waals surface area (Å²) in [5.41, 5.74) is 0.879. The number of hydrogen-bond acceptors (Lipinski definition) is 5. The molecule has 1 heterocycles. The number of nitrogens with one attached hydrogen (secondary N) is 1. The Hall–Kier alpha value is -3.10. The molecule has 146 valence electrons. The minimum Gasteiger partial charge on any atom is -0.486 e. The lowest BCUT2D eigenvalue weighted by Crippen LogP contribution is -2.25. The monoisotopic (exact) mass is 400 g/mol. The predicted octanol–water partition coefficient (Wildman–Crippen LogP) is 2.48. The van der Waals surface area contributed by atoms with Crippen molar-refractivity contribution in [3.63, 3.8) is 0 Å². The van der Waals surface area contributed by atoms with Crippen LogP contribution in [0.5, 0.6) is 5.75 Å². The fourth-order valence-corrected chi connectivity index (χ4v) is 3.02. The van der Waals surface area contributed by atoms with Crippen molar-refractivity contribution in [2.45, 2.75) is 17.9 Å². The minimum absolute atomic E-state index is 0.0566. The van der Waals surface area contributed by atoms with Gasteiger partial charge in [0, 0.05) is 6.54 Å². The number of sulfonamides is 1. The zero-order valence-electron chi connectivity index (χ0n) is 15.0. The Bertz CT molecular complexity index is 1030. The lowest BCUT2D eigenvalue weighted by Gasteiger charge is -2.05. The molecule has 8 heteroatoms. The Balaban J connectivity index is 1.47. The molecule has 0 aliphatic carbocycles. The first-order valence-electron chi connectivity index (χ1n) is 8.58. The highest BCUT2D eigenvalue weighted by Crippen LogP contribution is 2.14. The third-order valence-electron chi connectivity index (χ3n) is 3.96. The summed E-state index contributed by atoms with van der Waals surface area (Å²) < 4.78 is 33.6. The number of hydrogen-bond donors (Lipinski definition) is 2. The van der Waals surface area contributed by atoms with E-state index < -0.39 is 10.0 Å². The van der Waals surface area contributed by atoms with Gasteiger partial charge >= 0.3 is 0 Å². The quantitative estimate of drug-likeness (QED) is 0.603. The van der Waals surface area contributed by atoms with Gasteiger partial charge in [0.1, 0.15) is 18.1 Å². The summed E-state index contributed by atoms with van der Waals surface area (Å²) >= 11 is 0. The van der Waals surface area contributed by atoms with Crippen LogP contribution >= 0.6 is 0 Å². The van der Waals surface area contributed by atoms with Crippen LogP contribution in [0.15, 0.2) is 76.0 Å². The molecule has 0 aliphatic heterocycles.